The SMILES string of the molecule is CC1=Cc2c(cc3c(c2-c2cc(C(C)(C)C)cc(C(C)(C)C)c2)CCC3)C1[Si](C)(C)OS(=O)(=O)C(F)(F)F. The van der Waals surface area contributed by atoms with Crippen LogP contribution in [0.5, 0.6) is 0 Å². The summed E-state index contributed by atoms with van der Waals surface area (Å²) in [6.45, 7) is 18.2. The fourth-order valence-electron chi connectivity index (χ4n) is 6.00. The van der Waals surface area contributed by atoms with Gasteiger partial charge in [-0.15, -0.1) is 0 Å². The zero-order chi connectivity index (χ0) is 28.6. The van der Waals surface area contributed by atoms with E-state index in [4.69, 9.17) is 3.87 Å². The van der Waals surface area contributed by atoms with Crippen molar-refractivity contribution in [3.8, 4) is 11.1 Å². The molecule has 4 rings (SSSR count). The molecule has 0 fully saturated rings. The van der Waals surface area contributed by atoms with Gasteiger partial charge in [-0.3, -0.25) is 0 Å². The van der Waals surface area contributed by atoms with Crippen molar-refractivity contribution in [3.63, 3.8) is 0 Å². The van der Waals surface area contributed by atoms with E-state index in [1.54, 1.807) is 13.1 Å². The van der Waals surface area contributed by atoms with E-state index in [0.717, 1.165) is 47.1 Å². The van der Waals surface area contributed by atoms with Gasteiger partial charge in [-0.05, 0) is 94.6 Å². The summed E-state index contributed by atoms with van der Waals surface area (Å²) < 4.78 is 69.0. The quantitative estimate of drug-likeness (QED) is 0.276. The van der Waals surface area contributed by atoms with Crippen LogP contribution >= 0.6 is 0 Å². The lowest BCUT2D eigenvalue weighted by molar-refractivity contribution is -0.0504. The molecule has 0 bridgehead atoms. The molecule has 0 radical (unpaired) electrons. The van der Waals surface area contributed by atoms with Gasteiger partial charge in [-0.2, -0.15) is 21.6 Å². The summed E-state index contributed by atoms with van der Waals surface area (Å²) in [7, 11) is -9.15. The fourth-order valence-corrected chi connectivity index (χ4v) is 11.2. The van der Waals surface area contributed by atoms with Gasteiger partial charge >= 0.3 is 15.6 Å². The van der Waals surface area contributed by atoms with Crippen LogP contribution in [0.2, 0.25) is 13.1 Å². The molecule has 2 aromatic rings. The number of hydrogen-bond donors (Lipinski definition) is 0. The minimum atomic E-state index is -5.70. The predicted molar refractivity (Wildman–Crippen MR) is 151 cm³/mol. The first-order valence-corrected chi connectivity index (χ1v) is 17.6. The van der Waals surface area contributed by atoms with E-state index in [2.05, 4.69) is 65.8 Å². The second-order valence-corrected chi connectivity index (χ2v) is 19.3. The minimum absolute atomic E-state index is 0.0693. The average Bonchev–Trinajstić information content (AvgIpc) is 3.31. The second-order valence-electron chi connectivity index (χ2n) is 13.5. The van der Waals surface area contributed by atoms with Crippen molar-refractivity contribution >= 4 is 24.5 Å². The molecule has 0 spiro atoms. The Bertz CT molecular complexity index is 1390. The Hall–Kier alpha value is -1.90. The van der Waals surface area contributed by atoms with Gasteiger partial charge < -0.3 is 3.87 Å². The van der Waals surface area contributed by atoms with Crippen molar-refractivity contribution in [3.05, 3.63) is 63.2 Å². The average molecular weight is 565 g/mol. The maximum Gasteiger partial charge on any atom is 0.522 e. The lowest BCUT2D eigenvalue weighted by atomic mass is 9.77. The van der Waals surface area contributed by atoms with Crippen molar-refractivity contribution in [2.24, 2.45) is 0 Å². The topological polar surface area (TPSA) is 43.4 Å². The summed E-state index contributed by atoms with van der Waals surface area (Å²) in [5, 5.41) is 0. The Labute approximate surface area is 226 Å². The highest BCUT2D eigenvalue weighted by Gasteiger charge is 2.53. The van der Waals surface area contributed by atoms with Gasteiger partial charge in [0.05, 0.1) is 0 Å². The van der Waals surface area contributed by atoms with Crippen LogP contribution < -0.4 is 0 Å². The van der Waals surface area contributed by atoms with Crippen LogP contribution in [0.25, 0.3) is 17.2 Å². The first-order valence-electron chi connectivity index (χ1n) is 13.2. The van der Waals surface area contributed by atoms with E-state index in [0.29, 0.717) is 0 Å². The molecule has 3 nitrogen and oxygen atoms in total. The number of hydrogen-bond acceptors (Lipinski definition) is 3. The standard InChI is InChI=1S/C30H39F3O3SSi/c1-18-13-24-25(27(18)38(8,9)36-37(34,35)30(31,32)33)16-19-11-10-12-23(19)26(24)20-14-21(28(2,3)4)17-22(15-20)29(5,6)7/h13-17,27H,10-12H2,1-9H3. The molecule has 0 aliphatic heterocycles. The Balaban J connectivity index is 1.97. The molecule has 1 atom stereocenters. The molecule has 0 saturated heterocycles. The number of benzene rings is 2. The molecule has 1 unspecified atom stereocenters. The predicted octanol–water partition coefficient (Wildman–Crippen LogP) is 8.55. The number of halogens is 3. The Morgan fingerprint density at radius 3 is 1.95 bits per heavy atom. The van der Waals surface area contributed by atoms with Crippen molar-refractivity contribution < 1.29 is 25.5 Å². The van der Waals surface area contributed by atoms with Gasteiger partial charge in [-0.1, -0.05) is 77.5 Å². The van der Waals surface area contributed by atoms with Crippen LogP contribution in [0.15, 0.2) is 29.8 Å². The zero-order valence-corrected chi connectivity index (χ0v) is 25.7. The lowest BCUT2D eigenvalue weighted by Crippen LogP contribution is -2.44. The highest BCUT2D eigenvalue weighted by Crippen LogP contribution is 2.50. The highest BCUT2D eigenvalue weighted by molar-refractivity contribution is 7.88. The maximum atomic E-state index is 13.3. The van der Waals surface area contributed by atoms with Gasteiger partial charge in [-0.25, -0.2) is 0 Å². The van der Waals surface area contributed by atoms with Gasteiger partial charge in [0.25, 0.3) is 0 Å². The summed E-state index contributed by atoms with van der Waals surface area (Å²) in [6.07, 6.45) is 4.91. The van der Waals surface area contributed by atoms with Crippen LogP contribution in [0, 0.1) is 0 Å². The summed E-state index contributed by atoms with van der Waals surface area (Å²) in [5.74, 6) is 0. The molecular weight excluding hydrogens is 525 g/mol. The van der Waals surface area contributed by atoms with Gasteiger partial charge in [0.2, 0.25) is 8.32 Å². The zero-order valence-electron chi connectivity index (χ0n) is 23.9. The largest absolute Gasteiger partial charge is 0.522 e. The third kappa shape index (κ3) is 5.16. The molecule has 2 aliphatic carbocycles. The summed E-state index contributed by atoms with van der Waals surface area (Å²) in [6, 6.07) is 8.90. The van der Waals surface area contributed by atoms with Crippen molar-refractivity contribution in [1.29, 1.82) is 0 Å². The second kappa shape index (κ2) is 9.06. The van der Waals surface area contributed by atoms with E-state index in [1.807, 2.05) is 13.0 Å². The minimum Gasteiger partial charge on any atom is -0.307 e. The van der Waals surface area contributed by atoms with Crippen LogP contribution in [0.3, 0.4) is 0 Å². The van der Waals surface area contributed by atoms with Gasteiger partial charge in [0.15, 0.2) is 0 Å². The van der Waals surface area contributed by atoms with Crippen molar-refractivity contribution in [2.75, 3.05) is 0 Å². The van der Waals surface area contributed by atoms with Crippen molar-refractivity contribution in [2.45, 2.75) is 103 Å². The normalized spacial score (nSPS) is 18.4. The fraction of sp³-hybridized carbons (Fsp3) is 0.533. The Morgan fingerprint density at radius 2 is 1.45 bits per heavy atom. The molecule has 0 N–H and O–H groups in total. The molecule has 0 heterocycles. The molecule has 8 heteroatoms. The third-order valence-corrected chi connectivity index (χ3v) is 13.2. The third-order valence-electron chi connectivity index (χ3n) is 7.87. The molecule has 0 aromatic heterocycles. The molecule has 208 valence electrons. The van der Waals surface area contributed by atoms with E-state index in [1.165, 1.54) is 22.3 Å². The molecule has 0 saturated carbocycles. The van der Waals surface area contributed by atoms with E-state index >= 15 is 0 Å². The number of rotatable bonds is 4. The smallest absolute Gasteiger partial charge is 0.307 e. The number of aryl methyl sites for hydroxylation is 1. The Kier molecular flexibility index (Phi) is 6.94. The van der Waals surface area contributed by atoms with Crippen LogP contribution in [0.1, 0.15) is 93.8 Å². The lowest BCUT2D eigenvalue weighted by Gasteiger charge is -2.31. The molecule has 2 aromatic carbocycles. The summed E-state index contributed by atoms with van der Waals surface area (Å²) in [4.78, 5) is 0. The molecule has 38 heavy (non-hydrogen) atoms. The van der Waals surface area contributed by atoms with E-state index in [-0.39, 0.29) is 10.8 Å². The van der Waals surface area contributed by atoms with Crippen molar-refractivity contribution in [1.82, 2.24) is 0 Å². The molecule has 0 amide bonds. The van der Waals surface area contributed by atoms with Gasteiger partial charge in [0.1, 0.15) is 0 Å². The van der Waals surface area contributed by atoms with Crippen LogP contribution in [-0.4, -0.2) is 22.2 Å². The van der Waals surface area contributed by atoms with E-state index in [9.17, 15) is 21.6 Å². The molecular formula is C30H39F3O3SSi. The summed E-state index contributed by atoms with van der Waals surface area (Å²) in [5.41, 5.74) is 3.87. The maximum absolute atomic E-state index is 13.3. The number of allylic oxidation sites excluding steroid dienone is 1. The highest BCUT2D eigenvalue weighted by atomic mass is 32.2. The number of alkyl halides is 3. The first-order chi connectivity index (χ1) is 17.1. The van der Waals surface area contributed by atoms with Crippen LogP contribution in [-0.2, 0) is 37.7 Å². The van der Waals surface area contributed by atoms with Crippen LogP contribution in [0.4, 0.5) is 13.2 Å². The molecule has 2 aliphatic rings. The summed E-state index contributed by atoms with van der Waals surface area (Å²) >= 11 is 0. The Morgan fingerprint density at radius 1 is 0.895 bits per heavy atom. The monoisotopic (exact) mass is 564 g/mol. The number of fused-ring (bicyclic) bond motifs is 2. The van der Waals surface area contributed by atoms with Gasteiger partial charge in [0, 0.05) is 5.54 Å². The van der Waals surface area contributed by atoms with E-state index < -0.39 is 29.5 Å². The first kappa shape index (κ1) is 29.1.